The summed E-state index contributed by atoms with van der Waals surface area (Å²) in [5.74, 6) is -0.620. The number of esters is 1. The van der Waals surface area contributed by atoms with Gasteiger partial charge in [-0.15, -0.1) is 0 Å². The minimum absolute atomic E-state index is 0. The molecule has 1 atom stereocenters. The minimum Gasteiger partial charge on any atom is -0.467 e. The highest BCUT2D eigenvalue weighted by Crippen LogP contribution is 1.92. The molecule has 0 rings (SSSR count). The molecule has 0 bridgehead atoms. The lowest BCUT2D eigenvalue weighted by molar-refractivity contribution is -0.191. The van der Waals surface area contributed by atoms with Crippen LogP contribution < -0.4 is 5.32 Å². The molecule has 0 spiro atoms. The van der Waals surface area contributed by atoms with Gasteiger partial charge in [0.25, 0.3) is 0 Å². The molecular formula is C8H15NO5S. The van der Waals surface area contributed by atoms with Gasteiger partial charge in [0.2, 0.25) is 5.91 Å². The molecule has 7 heteroatoms. The lowest BCUT2D eigenvalue weighted by Crippen LogP contribution is -2.39. The van der Waals surface area contributed by atoms with Crippen LogP contribution in [0.5, 0.6) is 0 Å². The third kappa shape index (κ3) is 12.7. The van der Waals surface area contributed by atoms with Crippen LogP contribution in [0, 0.1) is 0 Å². The van der Waals surface area contributed by atoms with E-state index >= 15 is 0 Å². The number of hydrogen-bond acceptors (Lipinski definition) is 5. The first-order valence-corrected chi connectivity index (χ1v) is 3.87. The summed E-state index contributed by atoms with van der Waals surface area (Å²) in [6, 6.07) is -0.502. The molecule has 0 radical (unpaired) electrons. The summed E-state index contributed by atoms with van der Waals surface area (Å²) in [5, 5.41) is 2.47. The first-order valence-electron chi connectivity index (χ1n) is 3.87. The van der Waals surface area contributed by atoms with Crippen molar-refractivity contribution >= 4 is 31.5 Å². The standard InChI is InChI=1S/C7H13NO3.CO2.H2S/c1-4-6(7(10)11-3)8-5(2)9;2-1-3;/h6H,4H2,1-3H3,(H,8,9);;1H2. The van der Waals surface area contributed by atoms with Gasteiger partial charge >= 0.3 is 12.1 Å². The van der Waals surface area contributed by atoms with Gasteiger partial charge in [-0.2, -0.15) is 23.1 Å². The summed E-state index contributed by atoms with van der Waals surface area (Å²) in [4.78, 5) is 37.6. The van der Waals surface area contributed by atoms with Crippen LogP contribution in [0.15, 0.2) is 0 Å². The smallest absolute Gasteiger partial charge is 0.373 e. The second kappa shape index (κ2) is 12.7. The van der Waals surface area contributed by atoms with Gasteiger partial charge < -0.3 is 10.1 Å². The minimum atomic E-state index is -0.502. The molecule has 0 heterocycles. The Morgan fingerprint density at radius 3 is 2.00 bits per heavy atom. The predicted octanol–water partition coefficient (Wildman–Crippen LogP) is -0.397. The van der Waals surface area contributed by atoms with Gasteiger partial charge in [-0.1, -0.05) is 6.92 Å². The zero-order chi connectivity index (χ0) is 11.6. The molecule has 15 heavy (non-hydrogen) atoms. The Labute approximate surface area is 94.8 Å². The van der Waals surface area contributed by atoms with Crippen molar-refractivity contribution < 1.29 is 23.9 Å². The number of nitrogens with one attached hydrogen (secondary N) is 1. The van der Waals surface area contributed by atoms with Gasteiger partial charge in [0.15, 0.2) is 0 Å². The average molecular weight is 237 g/mol. The Kier molecular flexibility index (Phi) is 16.3. The molecule has 6 nitrogen and oxygen atoms in total. The largest absolute Gasteiger partial charge is 0.467 e. The number of amides is 1. The maximum absolute atomic E-state index is 10.8. The van der Waals surface area contributed by atoms with Gasteiger partial charge in [-0.25, -0.2) is 4.79 Å². The fourth-order valence-electron chi connectivity index (χ4n) is 0.715. The molecule has 0 aliphatic carbocycles. The zero-order valence-corrected chi connectivity index (χ0v) is 9.83. The van der Waals surface area contributed by atoms with E-state index in [1.54, 1.807) is 6.92 Å². The number of carbonyl (C=O) groups is 2. The molecule has 0 aromatic heterocycles. The molecule has 88 valence electrons. The van der Waals surface area contributed by atoms with E-state index in [4.69, 9.17) is 9.59 Å². The molecule has 0 saturated carbocycles. The normalized spacial score (nSPS) is 9.27. The van der Waals surface area contributed by atoms with Gasteiger partial charge in [-0.05, 0) is 6.42 Å². The number of ether oxygens (including phenoxy) is 1. The first kappa shape index (κ1) is 19.3. The van der Waals surface area contributed by atoms with Crippen molar-refractivity contribution in [2.45, 2.75) is 26.3 Å². The van der Waals surface area contributed by atoms with Gasteiger partial charge in [0.1, 0.15) is 6.04 Å². The first-order chi connectivity index (χ1) is 6.53. The second-order valence-electron chi connectivity index (χ2n) is 2.27. The zero-order valence-electron chi connectivity index (χ0n) is 8.83. The molecule has 0 saturated heterocycles. The SMILES string of the molecule is CCC(NC(C)=O)C(=O)OC.O=C=O.S. The van der Waals surface area contributed by atoms with E-state index in [1.165, 1.54) is 14.0 Å². The molecule has 1 amide bonds. The molecule has 0 aliphatic heterocycles. The van der Waals surface area contributed by atoms with E-state index in [0.29, 0.717) is 6.42 Å². The summed E-state index contributed by atoms with van der Waals surface area (Å²) in [5.41, 5.74) is 0. The van der Waals surface area contributed by atoms with E-state index in [9.17, 15) is 9.59 Å². The van der Waals surface area contributed by atoms with Crippen LogP contribution in [0.4, 0.5) is 0 Å². The van der Waals surface area contributed by atoms with Crippen LogP contribution in [0.3, 0.4) is 0 Å². The van der Waals surface area contributed by atoms with E-state index in [2.05, 4.69) is 10.1 Å². The van der Waals surface area contributed by atoms with E-state index in [1.807, 2.05) is 0 Å². The fourth-order valence-corrected chi connectivity index (χ4v) is 0.715. The summed E-state index contributed by atoms with van der Waals surface area (Å²) < 4.78 is 4.45. The van der Waals surface area contributed by atoms with Gasteiger partial charge in [-0.3, -0.25) is 4.79 Å². The van der Waals surface area contributed by atoms with Crippen molar-refractivity contribution in [2.75, 3.05) is 7.11 Å². The van der Waals surface area contributed by atoms with Crippen molar-refractivity contribution in [3.63, 3.8) is 0 Å². The highest BCUT2D eigenvalue weighted by molar-refractivity contribution is 7.59. The fraction of sp³-hybridized carbons (Fsp3) is 0.625. The Balaban J connectivity index is -0.000000320. The lowest BCUT2D eigenvalue weighted by Gasteiger charge is -2.12. The maximum Gasteiger partial charge on any atom is 0.373 e. The van der Waals surface area contributed by atoms with Crippen LogP contribution in [-0.2, 0) is 23.9 Å². The van der Waals surface area contributed by atoms with Crippen LogP contribution >= 0.6 is 13.5 Å². The van der Waals surface area contributed by atoms with E-state index < -0.39 is 12.0 Å². The summed E-state index contributed by atoms with van der Waals surface area (Å²) in [6.45, 7) is 3.17. The van der Waals surface area contributed by atoms with Crippen molar-refractivity contribution in [3.05, 3.63) is 0 Å². The molecule has 1 unspecified atom stereocenters. The lowest BCUT2D eigenvalue weighted by atomic mass is 10.2. The molecule has 0 aromatic rings. The summed E-state index contributed by atoms with van der Waals surface area (Å²) in [6.07, 6.45) is 0.798. The Morgan fingerprint density at radius 1 is 1.40 bits per heavy atom. The summed E-state index contributed by atoms with van der Waals surface area (Å²) in [7, 11) is 1.30. The Hall–Kier alpha value is -1.33. The molecule has 0 aromatic carbocycles. The topological polar surface area (TPSA) is 89.5 Å². The average Bonchev–Trinajstić information content (AvgIpc) is 2.14. The Morgan fingerprint density at radius 2 is 1.80 bits per heavy atom. The van der Waals surface area contributed by atoms with Crippen molar-refractivity contribution in [2.24, 2.45) is 0 Å². The highest BCUT2D eigenvalue weighted by Gasteiger charge is 2.16. The number of hydrogen-bond donors (Lipinski definition) is 1. The van der Waals surface area contributed by atoms with Gasteiger partial charge in [0.05, 0.1) is 7.11 Å². The van der Waals surface area contributed by atoms with Crippen LogP contribution in [0.25, 0.3) is 0 Å². The third-order valence-electron chi connectivity index (χ3n) is 1.27. The monoisotopic (exact) mass is 237 g/mol. The van der Waals surface area contributed by atoms with Crippen molar-refractivity contribution in [3.8, 4) is 0 Å². The predicted molar refractivity (Wildman–Crippen MR) is 55.3 cm³/mol. The Bertz CT molecular complexity index is 225. The van der Waals surface area contributed by atoms with E-state index in [0.717, 1.165) is 0 Å². The number of methoxy groups -OCH3 is 1. The molecule has 0 aliphatic rings. The summed E-state index contributed by atoms with van der Waals surface area (Å²) >= 11 is 0. The number of rotatable bonds is 3. The van der Waals surface area contributed by atoms with Crippen molar-refractivity contribution in [1.82, 2.24) is 5.32 Å². The van der Waals surface area contributed by atoms with Crippen LogP contribution in [-0.4, -0.2) is 31.2 Å². The van der Waals surface area contributed by atoms with Crippen molar-refractivity contribution in [1.29, 1.82) is 0 Å². The van der Waals surface area contributed by atoms with Crippen LogP contribution in [0.2, 0.25) is 0 Å². The third-order valence-corrected chi connectivity index (χ3v) is 1.27. The molecule has 0 fully saturated rings. The molecular weight excluding hydrogens is 222 g/mol. The van der Waals surface area contributed by atoms with Gasteiger partial charge in [0, 0.05) is 6.92 Å². The maximum atomic E-state index is 10.8. The highest BCUT2D eigenvalue weighted by atomic mass is 32.1. The quantitative estimate of drug-likeness (QED) is 0.675. The van der Waals surface area contributed by atoms with E-state index in [-0.39, 0.29) is 25.6 Å². The van der Waals surface area contributed by atoms with Crippen LogP contribution in [0.1, 0.15) is 20.3 Å². The number of carbonyl (C=O) groups excluding carboxylic acids is 4. The second-order valence-corrected chi connectivity index (χ2v) is 2.27. The molecule has 1 N–H and O–H groups in total.